The van der Waals surface area contributed by atoms with Crippen LogP contribution in [0.3, 0.4) is 0 Å². The van der Waals surface area contributed by atoms with Crippen molar-refractivity contribution < 1.29 is 0 Å². The number of rotatable bonds is 3. The van der Waals surface area contributed by atoms with Crippen LogP contribution in [0.15, 0.2) is 47.4 Å². The monoisotopic (exact) mass is 335 g/mol. The van der Waals surface area contributed by atoms with Crippen molar-refractivity contribution in [3.63, 3.8) is 0 Å². The minimum absolute atomic E-state index is 0.0634. The van der Waals surface area contributed by atoms with Gasteiger partial charge in [-0.1, -0.05) is 12.1 Å². The molecule has 0 radical (unpaired) electrons. The average molecular weight is 335 g/mol. The number of aromatic amines is 1. The van der Waals surface area contributed by atoms with Gasteiger partial charge in [0.25, 0.3) is 5.56 Å². The number of nitrogens with zero attached hydrogens (tertiary/aromatic N) is 4. The molecule has 1 aromatic carbocycles. The average Bonchev–Trinajstić information content (AvgIpc) is 2.62. The third-order valence-corrected chi connectivity index (χ3v) is 4.65. The number of hydrogen-bond acceptors (Lipinski definition) is 5. The summed E-state index contributed by atoms with van der Waals surface area (Å²) in [4.78, 5) is 28.7. The summed E-state index contributed by atoms with van der Waals surface area (Å²) >= 11 is 0. The molecule has 0 aliphatic carbocycles. The van der Waals surface area contributed by atoms with Gasteiger partial charge < -0.3 is 9.88 Å². The van der Waals surface area contributed by atoms with Gasteiger partial charge in [-0.3, -0.25) is 14.7 Å². The molecule has 1 aliphatic rings. The Labute approximate surface area is 146 Å². The lowest BCUT2D eigenvalue weighted by atomic mass is 10.2. The predicted molar refractivity (Wildman–Crippen MR) is 98.8 cm³/mol. The van der Waals surface area contributed by atoms with Gasteiger partial charge in [-0.15, -0.1) is 0 Å². The van der Waals surface area contributed by atoms with E-state index < -0.39 is 0 Å². The van der Waals surface area contributed by atoms with E-state index in [9.17, 15) is 4.79 Å². The molecule has 0 unspecified atom stereocenters. The van der Waals surface area contributed by atoms with E-state index in [1.54, 1.807) is 6.07 Å². The molecule has 1 N–H and O–H groups in total. The lowest BCUT2D eigenvalue weighted by Gasteiger charge is -2.35. The maximum atomic E-state index is 12.2. The maximum absolute atomic E-state index is 12.2. The second-order valence-corrected chi connectivity index (χ2v) is 6.45. The van der Waals surface area contributed by atoms with Crippen LogP contribution in [-0.4, -0.2) is 46.0 Å². The Hall–Kier alpha value is -2.73. The number of fused-ring (bicyclic) bond motifs is 1. The second kappa shape index (κ2) is 6.64. The molecule has 3 heterocycles. The number of nitrogens with one attached hydrogen (secondary N) is 1. The molecule has 4 rings (SSSR count). The molecule has 0 bridgehead atoms. The summed E-state index contributed by atoms with van der Waals surface area (Å²) < 4.78 is 0. The van der Waals surface area contributed by atoms with Crippen LogP contribution in [0.1, 0.15) is 11.5 Å². The van der Waals surface area contributed by atoms with Crippen LogP contribution >= 0.6 is 0 Å². The first-order valence-corrected chi connectivity index (χ1v) is 8.57. The summed E-state index contributed by atoms with van der Waals surface area (Å²) in [7, 11) is 0. The zero-order chi connectivity index (χ0) is 17.2. The predicted octanol–water partition coefficient (Wildman–Crippen LogP) is 1.95. The molecule has 6 nitrogen and oxygen atoms in total. The fourth-order valence-corrected chi connectivity index (χ4v) is 3.31. The van der Waals surface area contributed by atoms with Crippen molar-refractivity contribution in [1.29, 1.82) is 0 Å². The topological polar surface area (TPSA) is 65.1 Å². The van der Waals surface area contributed by atoms with E-state index in [0.717, 1.165) is 43.2 Å². The highest BCUT2D eigenvalue weighted by atomic mass is 16.1. The van der Waals surface area contributed by atoms with Gasteiger partial charge in [-0.05, 0) is 31.2 Å². The van der Waals surface area contributed by atoms with Gasteiger partial charge in [0.1, 0.15) is 5.82 Å². The van der Waals surface area contributed by atoms with Crippen molar-refractivity contribution in [3.8, 4) is 0 Å². The highest BCUT2D eigenvalue weighted by molar-refractivity contribution is 5.77. The number of anilines is 1. The van der Waals surface area contributed by atoms with Crippen molar-refractivity contribution in [2.45, 2.75) is 13.5 Å². The van der Waals surface area contributed by atoms with Crippen molar-refractivity contribution in [2.24, 2.45) is 0 Å². The first-order chi connectivity index (χ1) is 12.2. The van der Waals surface area contributed by atoms with Crippen molar-refractivity contribution in [1.82, 2.24) is 19.9 Å². The number of hydrogen-bond donors (Lipinski definition) is 1. The Kier molecular flexibility index (Phi) is 4.19. The molecule has 1 saturated heterocycles. The van der Waals surface area contributed by atoms with Crippen molar-refractivity contribution >= 4 is 16.6 Å². The lowest BCUT2D eigenvalue weighted by Crippen LogP contribution is -2.46. The van der Waals surface area contributed by atoms with Gasteiger partial charge >= 0.3 is 0 Å². The third-order valence-electron chi connectivity index (χ3n) is 4.65. The summed E-state index contributed by atoms with van der Waals surface area (Å²) in [5.41, 5.74) is 2.96. The molecular weight excluding hydrogens is 314 g/mol. The summed E-state index contributed by atoms with van der Waals surface area (Å²) in [5.74, 6) is 0.733. The fourth-order valence-electron chi connectivity index (χ4n) is 3.31. The number of benzene rings is 1. The number of H-pyrrole nitrogens is 1. The van der Waals surface area contributed by atoms with Crippen LogP contribution < -0.4 is 10.5 Å². The van der Waals surface area contributed by atoms with Gasteiger partial charge in [0.05, 0.1) is 17.4 Å². The Balaban J connectivity index is 1.44. The first-order valence-electron chi connectivity index (χ1n) is 8.57. The van der Waals surface area contributed by atoms with Crippen LogP contribution in [0.2, 0.25) is 0 Å². The quantitative estimate of drug-likeness (QED) is 0.792. The standard InChI is InChI=1S/C19H21N5O/c1-14-12-15(6-7-20-14)24-10-8-23(9-11-24)13-18-21-17-5-3-2-4-16(17)19(25)22-18/h2-7,12H,8-11,13H2,1H3,(H,21,22,25). The Morgan fingerprint density at radius 1 is 1.12 bits per heavy atom. The molecule has 128 valence electrons. The number of aromatic nitrogens is 3. The molecule has 0 spiro atoms. The molecular formula is C19H21N5O. The van der Waals surface area contributed by atoms with Gasteiger partial charge in [0.2, 0.25) is 0 Å². The molecule has 3 aromatic rings. The number of aryl methyl sites for hydroxylation is 1. The highest BCUT2D eigenvalue weighted by Gasteiger charge is 2.18. The zero-order valence-electron chi connectivity index (χ0n) is 14.3. The molecule has 1 fully saturated rings. The van der Waals surface area contributed by atoms with Gasteiger partial charge in [0.15, 0.2) is 0 Å². The number of pyridine rings is 1. The largest absolute Gasteiger partial charge is 0.369 e. The Bertz CT molecular complexity index is 944. The van der Waals surface area contributed by atoms with E-state index in [2.05, 4.69) is 36.9 Å². The summed E-state index contributed by atoms with van der Waals surface area (Å²) in [6, 6.07) is 11.6. The van der Waals surface area contributed by atoms with Crippen molar-refractivity contribution in [2.75, 3.05) is 31.1 Å². The molecule has 0 atom stereocenters. The summed E-state index contributed by atoms with van der Waals surface area (Å²) in [6.45, 7) is 6.49. The van der Waals surface area contributed by atoms with Crippen LogP contribution in [0.4, 0.5) is 5.69 Å². The Morgan fingerprint density at radius 2 is 1.92 bits per heavy atom. The molecule has 6 heteroatoms. The van der Waals surface area contributed by atoms with E-state index in [1.165, 1.54) is 5.69 Å². The number of piperazine rings is 1. The first kappa shape index (κ1) is 15.8. The molecule has 0 saturated carbocycles. The molecule has 0 amide bonds. The fraction of sp³-hybridized carbons (Fsp3) is 0.316. The number of para-hydroxylation sites is 1. The summed E-state index contributed by atoms with van der Waals surface area (Å²) in [5, 5.41) is 0.643. The van der Waals surface area contributed by atoms with E-state index in [0.29, 0.717) is 11.9 Å². The van der Waals surface area contributed by atoms with E-state index >= 15 is 0 Å². The van der Waals surface area contributed by atoms with Gasteiger partial charge in [0, 0.05) is 43.8 Å². The van der Waals surface area contributed by atoms with Gasteiger partial charge in [-0.25, -0.2) is 4.98 Å². The van der Waals surface area contributed by atoms with Crippen molar-refractivity contribution in [3.05, 3.63) is 64.5 Å². The second-order valence-electron chi connectivity index (χ2n) is 6.45. The normalized spacial score (nSPS) is 15.6. The minimum Gasteiger partial charge on any atom is -0.369 e. The van der Waals surface area contributed by atoms with E-state index in [-0.39, 0.29) is 5.56 Å². The summed E-state index contributed by atoms with van der Waals surface area (Å²) in [6.07, 6.45) is 1.86. The minimum atomic E-state index is -0.0634. The smallest absolute Gasteiger partial charge is 0.258 e. The van der Waals surface area contributed by atoms with E-state index in [4.69, 9.17) is 0 Å². The van der Waals surface area contributed by atoms with Crippen LogP contribution in [-0.2, 0) is 6.54 Å². The van der Waals surface area contributed by atoms with Crippen LogP contribution in [0, 0.1) is 6.92 Å². The zero-order valence-corrected chi connectivity index (χ0v) is 14.3. The highest BCUT2D eigenvalue weighted by Crippen LogP contribution is 2.17. The molecule has 25 heavy (non-hydrogen) atoms. The molecule has 2 aromatic heterocycles. The van der Waals surface area contributed by atoms with Crippen LogP contribution in [0.25, 0.3) is 10.9 Å². The maximum Gasteiger partial charge on any atom is 0.258 e. The lowest BCUT2D eigenvalue weighted by molar-refractivity contribution is 0.244. The van der Waals surface area contributed by atoms with Gasteiger partial charge in [-0.2, -0.15) is 0 Å². The molecule has 1 aliphatic heterocycles. The van der Waals surface area contributed by atoms with Crippen LogP contribution in [0.5, 0.6) is 0 Å². The Morgan fingerprint density at radius 3 is 2.72 bits per heavy atom. The third kappa shape index (κ3) is 3.39. The SMILES string of the molecule is Cc1cc(N2CCN(Cc3nc4ccccc4c(=O)[nH]3)CC2)ccn1. The van der Waals surface area contributed by atoms with E-state index in [1.807, 2.05) is 31.3 Å².